The van der Waals surface area contributed by atoms with E-state index in [1.165, 1.54) is 5.56 Å². The molecule has 6 nitrogen and oxygen atoms in total. The van der Waals surface area contributed by atoms with Crippen LogP contribution in [0.5, 0.6) is 0 Å². The summed E-state index contributed by atoms with van der Waals surface area (Å²) >= 11 is 0. The first-order valence-corrected chi connectivity index (χ1v) is 9.14. The Bertz CT molecular complexity index is 962. The van der Waals surface area contributed by atoms with E-state index in [4.69, 9.17) is 0 Å². The third-order valence-corrected chi connectivity index (χ3v) is 4.99. The highest BCUT2D eigenvalue weighted by Gasteiger charge is 2.23. The van der Waals surface area contributed by atoms with Crippen molar-refractivity contribution in [2.24, 2.45) is 0 Å². The smallest absolute Gasteiger partial charge is 0.222 e. The maximum Gasteiger partial charge on any atom is 0.222 e. The lowest BCUT2D eigenvalue weighted by Crippen LogP contribution is -2.32. The molecule has 1 amide bonds. The Hall–Kier alpha value is -2.76. The molecule has 0 radical (unpaired) electrons. The van der Waals surface area contributed by atoms with Crippen molar-refractivity contribution < 1.29 is 4.79 Å². The summed E-state index contributed by atoms with van der Waals surface area (Å²) in [6.45, 7) is 4.54. The predicted octanol–water partition coefficient (Wildman–Crippen LogP) is 3.03. The van der Waals surface area contributed by atoms with Gasteiger partial charge in [-0.25, -0.2) is 9.97 Å². The quantitative estimate of drug-likeness (QED) is 0.786. The Morgan fingerprint density at radius 1 is 1.31 bits per heavy atom. The van der Waals surface area contributed by atoms with Gasteiger partial charge in [0.05, 0.1) is 24.3 Å². The summed E-state index contributed by atoms with van der Waals surface area (Å²) in [5, 5.41) is 8.68. The van der Waals surface area contributed by atoms with Crippen LogP contribution in [0.1, 0.15) is 47.9 Å². The molecule has 1 unspecified atom stereocenters. The molecule has 134 valence electrons. The van der Waals surface area contributed by atoms with Gasteiger partial charge in [0.2, 0.25) is 5.91 Å². The van der Waals surface area contributed by atoms with Gasteiger partial charge in [-0.05, 0) is 44.7 Å². The molecule has 1 atom stereocenters. The Balaban J connectivity index is 1.43. The topological polar surface area (TPSA) is 72.7 Å². The molecule has 0 bridgehead atoms. The molecule has 0 saturated heterocycles. The first-order chi connectivity index (χ1) is 12.6. The van der Waals surface area contributed by atoms with Gasteiger partial charge in [0.1, 0.15) is 5.82 Å². The van der Waals surface area contributed by atoms with Gasteiger partial charge in [-0.3, -0.25) is 9.48 Å². The zero-order chi connectivity index (χ0) is 18.1. The van der Waals surface area contributed by atoms with Crippen molar-refractivity contribution in [1.82, 2.24) is 25.1 Å². The number of carbonyl (C=O) groups is 1. The molecular weight excluding hydrogens is 326 g/mol. The van der Waals surface area contributed by atoms with Crippen molar-refractivity contribution in [2.75, 3.05) is 0 Å². The Morgan fingerprint density at radius 3 is 3.08 bits per heavy atom. The van der Waals surface area contributed by atoms with Crippen LogP contribution in [0.4, 0.5) is 0 Å². The second kappa shape index (κ2) is 6.86. The van der Waals surface area contributed by atoms with Crippen molar-refractivity contribution >= 4 is 16.8 Å². The number of nitrogens with zero attached hydrogens (tertiary/aromatic N) is 4. The van der Waals surface area contributed by atoms with Gasteiger partial charge < -0.3 is 5.32 Å². The van der Waals surface area contributed by atoms with Crippen LogP contribution < -0.4 is 5.32 Å². The second-order valence-electron chi connectivity index (χ2n) is 7.01. The molecule has 4 rings (SSSR count). The zero-order valence-corrected chi connectivity index (χ0v) is 15.2. The van der Waals surface area contributed by atoms with Gasteiger partial charge in [-0.2, -0.15) is 5.10 Å². The fourth-order valence-corrected chi connectivity index (χ4v) is 3.63. The van der Waals surface area contributed by atoms with Crippen LogP contribution in [-0.2, 0) is 17.8 Å². The average molecular weight is 349 g/mol. The molecule has 26 heavy (non-hydrogen) atoms. The summed E-state index contributed by atoms with van der Waals surface area (Å²) in [6.07, 6.45) is 7.06. The van der Waals surface area contributed by atoms with E-state index in [0.29, 0.717) is 13.0 Å². The van der Waals surface area contributed by atoms with Crippen LogP contribution >= 0.6 is 0 Å². The number of aromatic nitrogens is 4. The van der Waals surface area contributed by atoms with Crippen molar-refractivity contribution in [1.29, 1.82) is 0 Å². The van der Waals surface area contributed by atoms with Crippen molar-refractivity contribution in [3.05, 3.63) is 53.2 Å². The highest BCUT2D eigenvalue weighted by Crippen LogP contribution is 2.28. The first-order valence-electron chi connectivity index (χ1n) is 9.14. The van der Waals surface area contributed by atoms with Crippen LogP contribution in [0, 0.1) is 13.8 Å². The molecule has 6 heteroatoms. The summed E-state index contributed by atoms with van der Waals surface area (Å²) in [5.41, 5.74) is 4.40. The van der Waals surface area contributed by atoms with Crippen LogP contribution in [0.3, 0.4) is 0 Å². The molecular formula is C20H23N5O. The average Bonchev–Trinajstić information content (AvgIpc) is 3.02. The van der Waals surface area contributed by atoms with Gasteiger partial charge in [-0.15, -0.1) is 0 Å². The molecule has 1 aromatic carbocycles. The fourth-order valence-electron chi connectivity index (χ4n) is 3.63. The molecule has 3 aromatic rings. The predicted molar refractivity (Wildman–Crippen MR) is 99.7 cm³/mol. The van der Waals surface area contributed by atoms with Crippen molar-refractivity contribution in [3.8, 4) is 0 Å². The van der Waals surface area contributed by atoms with Crippen LogP contribution in [-0.4, -0.2) is 25.7 Å². The van der Waals surface area contributed by atoms with E-state index in [1.807, 2.05) is 24.0 Å². The van der Waals surface area contributed by atoms with E-state index in [-0.39, 0.29) is 11.9 Å². The molecule has 0 saturated carbocycles. The van der Waals surface area contributed by atoms with Gasteiger partial charge >= 0.3 is 0 Å². The van der Waals surface area contributed by atoms with Crippen LogP contribution in [0.25, 0.3) is 10.9 Å². The molecule has 0 fully saturated rings. The van der Waals surface area contributed by atoms with Crippen LogP contribution in [0.2, 0.25) is 0 Å². The monoisotopic (exact) mass is 349 g/mol. The molecule has 2 aromatic heterocycles. The van der Waals surface area contributed by atoms with E-state index < -0.39 is 0 Å². The van der Waals surface area contributed by atoms with E-state index in [1.54, 1.807) is 0 Å². The Labute approximate surface area is 152 Å². The number of fused-ring (bicyclic) bond motifs is 2. The highest BCUT2D eigenvalue weighted by molar-refractivity contribution is 5.80. The summed E-state index contributed by atoms with van der Waals surface area (Å²) < 4.78 is 1.91. The number of nitrogens with one attached hydrogen (secondary N) is 1. The highest BCUT2D eigenvalue weighted by atomic mass is 16.1. The normalized spacial score (nSPS) is 16.5. The molecule has 2 heterocycles. The van der Waals surface area contributed by atoms with Gasteiger partial charge in [0, 0.05) is 29.3 Å². The van der Waals surface area contributed by atoms with E-state index in [0.717, 1.165) is 47.2 Å². The zero-order valence-electron chi connectivity index (χ0n) is 15.2. The maximum atomic E-state index is 12.5. The SMILES string of the molecule is Cc1ccc2cnn(CCC(=O)NC3CCCc4nc(C)ncc43)c2c1. The van der Waals surface area contributed by atoms with E-state index in [9.17, 15) is 4.79 Å². The molecule has 0 spiro atoms. The first kappa shape index (κ1) is 16.7. The summed E-state index contributed by atoms with van der Waals surface area (Å²) in [6, 6.07) is 6.26. The van der Waals surface area contributed by atoms with Gasteiger partial charge in [0.15, 0.2) is 0 Å². The number of aryl methyl sites for hydroxylation is 4. The Morgan fingerprint density at radius 2 is 2.19 bits per heavy atom. The number of hydrogen-bond donors (Lipinski definition) is 1. The van der Waals surface area contributed by atoms with Crippen molar-refractivity contribution in [2.45, 2.75) is 52.1 Å². The van der Waals surface area contributed by atoms with E-state index in [2.05, 4.69) is 45.5 Å². The third kappa shape index (κ3) is 3.31. The third-order valence-electron chi connectivity index (χ3n) is 4.99. The number of hydrogen-bond acceptors (Lipinski definition) is 4. The second-order valence-corrected chi connectivity index (χ2v) is 7.01. The molecule has 0 aliphatic heterocycles. The minimum atomic E-state index is 0.0171. The number of rotatable bonds is 4. The lowest BCUT2D eigenvalue weighted by atomic mass is 9.92. The summed E-state index contributed by atoms with van der Waals surface area (Å²) in [7, 11) is 0. The largest absolute Gasteiger partial charge is 0.349 e. The number of amides is 1. The molecule has 1 aliphatic rings. The van der Waals surface area contributed by atoms with Gasteiger partial charge in [0.25, 0.3) is 0 Å². The summed E-state index contributed by atoms with van der Waals surface area (Å²) in [5.74, 6) is 0.830. The minimum absolute atomic E-state index is 0.0171. The molecule has 1 aliphatic carbocycles. The summed E-state index contributed by atoms with van der Waals surface area (Å²) in [4.78, 5) is 21.3. The van der Waals surface area contributed by atoms with Crippen LogP contribution in [0.15, 0.2) is 30.6 Å². The fraction of sp³-hybridized carbons (Fsp3) is 0.400. The lowest BCUT2D eigenvalue weighted by Gasteiger charge is -2.25. The van der Waals surface area contributed by atoms with Crippen molar-refractivity contribution in [3.63, 3.8) is 0 Å². The number of carbonyl (C=O) groups excluding carboxylic acids is 1. The maximum absolute atomic E-state index is 12.5. The standard InChI is InChI=1S/C20H23N5O/c1-13-6-7-15-11-22-25(19(15)10-13)9-8-20(26)24-18-5-3-4-17-16(18)12-21-14(2)23-17/h6-7,10-12,18H,3-5,8-9H2,1-2H3,(H,24,26). The molecule has 1 N–H and O–H groups in total. The van der Waals surface area contributed by atoms with Gasteiger partial charge in [-0.1, -0.05) is 12.1 Å². The number of benzene rings is 1. The minimum Gasteiger partial charge on any atom is -0.349 e. The lowest BCUT2D eigenvalue weighted by molar-refractivity contribution is -0.122. The Kier molecular flexibility index (Phi) is 4.41. The van der Waals surface area contributed by atoms with E-state index >= 15 is 0 Å².